The Morgan fingerprint density at radius 3 is 2.32 bits per heavy atom. The number of hydrogen-bond donors (Lipinski definition) is 0. The summed E-state index contributed by atoms with van der Waals surface area (Å²) in [6.07, 6.45) is 7.32. The molecular formula is C27H39N5O5S. The second-order valence-electron chi connectivity index (χ2n) is 10.9. The highest BCUT2D eigenvalue weighted by Gasteiger charge is 2.41. The maximum Gasteiger partial charge on any atom is 0.311 e. The van der Waals surface area contributed by atoms with Crippen molar-refractivity contribution < 1.29 is 22.4 Å². The third kappa shape index (κ3) is 5.89. The van der Waals surface area contributed by atoms with Gasteiger partial charge in [0.2, 0.25) is 15.9 Å². The summed E-state index contributed by atoms with van der Waals surface area (Å²) in [7, 11) is -2.26. The van der Waals surface area contributed by atoms with Crippen molar-refractivity contribution in [3.05, 3.63) is 35.0 Å². The van der Waals surface area contributed by atoms with E-state index >= 15 is 0 Å². The fourth-order valence-electron chi connectivity index (χ4n) is 5.79. The average molecular weight is 546 g/mol. The van der Waals surface area contributed by atoms with Gasteiger partial charge in [0.15, 0.2) is 0 Å². The van der Waals surface area contributed by atoms with Crippen molar-refractivity contribution in [1.82, 2.24) is 24.3 Å². The second kappa shape index (κ2) is 11.3. The van der Waals surface area contributed by atoms with Crippen LogP contribution in [0.5, 0.6) is 5.75 Å². The number of aryl methyl sites for hydroxylation is 2. The van der Waals surface area contributed by atoms with Crippen molar-refractivity contribution in [3.8, 4) is 5.75 Å². The first-order chi connectivity index (χ1) is 18.3. The molecule has 1 aliphatic carbocycles. The number of carbonyl (C=O) groups excluding carboxylic acids is 1. The van der Waals surface area contributed by atoms with Crippen LogP contribution in [0.25, 0.3) is 0 Å². The van der Waals surface area contributed by atoms with Crippen LogP contribution in [-0.4, -0.2) is 84.5 Å². The Hall–Kier alpha value is -2.50. The van der Waals surface area contributed by atoms with Crippen LogP contribution in [0.4, 0.5) is 0 Å². The average Bonchev–Trinajstić information content (AvgIpc) is 3.38. The lowest BCUT2D eigenvalue weighted by molar-refractivity contribution is 0.0639. The molecule has 3 heterocycles. The van der Waals surface area contributed by atoms with E-state index in [4.69, 9.17) is 9.15 Å². The summed E-state index contributed by atoms with van der Waals surface area (Å²) in [6.45, 7) is 8.43. The van der Waals surface area contributed by atoms with E-state index in [1.165, 1.54) is 36.7 Å². The number of benzene rings is 1. The molecule has 38 heavy (non-hydrogen) atoms. The van der Waals surface area contributed by atoms with Gasteiger partial charge in [-0.05, 0) is 108 Å². The zero-order valence-electron chi connectivity index (χ0n) is 22.7. The van der Waals surface area contributed by atoms with Gasteiger partial charge in [-0.25, -0.2) is 8.42 Å². The Labute approximate surface area is 225 Å². The maximum atomic E-state index is 13.7. The van der Waals surface area contributed by atoms with Crippen molar-refractivity contribution in [2.45, 2.75) is 76.3 Å². The monoisotopic (exact) mass is 545 g/mol. The molecule has 0 unspecified atom stereocenters. The number of ether oxygens (including phenoxy) is 1. The van der Waals surface area contributed by atoms with Crippen molar-refractivity contribution in [1.29, 1.82) is 0 Å². The molecule has 1 aromatic carbocycles. The Balaban J connectivity index is 1.22. The summed E-state index contributed by atoms with van der Waals surface area (Å²) in [4.78, 5) is 17.7. The molecule has 1 saturated carbocycles. The van der Waals surface area contributed by atoms with Crippen LogP contribution in [0.3, 0.4) is 0 Å². The predicted octanol–water partition coefficient (Wildman–Crippen LogP) is 3.39. The SMILES string of the molecule is COc1cc(C)c(S(=O)(=O)N(Cc2nnc(C(=O)N3CCC(CCN4CCCC4)CC3)o2)C2CC2)c(C)c1. The first-order valence-electron chi connectivity index (χ1n) is 13.8. The normalized spacial score (nSPS) is 19.4. The molecule has 0 bridgehead atoms. The number of piperidine rings is 1. The summed E-state index contributed by atoms with van der Waals surface area (Å²) in [5.41, 5.74) is 1.25. The van der Waals surface area contributed by atoms with Gasteiger partial charge in [-0.2, -0.15) is 4.31 Å². The largest absolute Gasteiger partial charge is 0.497 e. The van der Waals surface area contributed by atoms with Gasteiger partial charge in [0.1, 0.15) is 5.75 Å². The fourth-order valence-corrected chi connectivity index (χ4v) is 7.84. The number of nitrogens with zero attached hydrogens (tertiary/aromatic N) is 5. The minimum atomic E-state index is -3.82. The number of hydrogen-bond acceptors (Lipinski definition) is 8. The molecule has 2 aromatic rings. The summed E-state index contributed by atoms with van der Waals surface area (Å²) in [6, 6.07) is 3.33. The standard InChI is InChI=1S/C27H39N5O5S/c1-19-16-23(36-3)17-20(2)25(19)38(34,35)32(22-6-7-22)18-24-28-29-26(37-24)27(33)31-14-9-21(10-15-31)8-13-30-11-4-5-12-30/h16-17,21-22H,4-15,18H2,1-3H3. The van der Waals surface area contributed by atoms with Crippen molar-refractivity contribution >= 4 is 15.9 Å². The van der Waals surface area contributed by atoms with Gasteiger partial charge in [-0.3, -0.25) is 4.79 Å². The van der Waals surface area contributed by atoms with E-state index in [1.54, 1.807) is 38.0 Å². The highest BCUT2D eigenvalue weighted by atomic mass is 32.2. The smallest absolute Gasteiger partial charge is 0.311 e. The number of amides is 1. The van der Waals surface area contributed by atoms with E-state index in [-0.39, 0.29) is 35.2 Å². The molecule has 0 N–H and O–H groups in total. The van der Waals surface area contributed by atoms with Gasteiger partial charge in [0, 0.05) is 19.1 Å². The second-order valence-corrected chi connectivity index (χ2v) is 12.8. The Morgan fingerprint density at radius 1 is 1.05 bits per heavy atom. The first kappa shape index (κ1) is 27.1. The predicted molar refractivity (Wildman–Crippen MR) is 141 cm³/mol. The van der Waals surface area contributed by atoms with Crippen LogP contribution < -0.4 is 4.74 Å². The quantitative estimate of drug-likeness (QED) is 0.447. The summed E-state index contributed by atoms with van der Waals surface area (Å²) >= 11 is 0. The molecule has 0 spiro atoms. The minimum Gasteiger partial charge on any atom is -0.497 e. The van der Waals surface area contributed by atoms with E-state index in [0.29, 0.717) is 35.9 Å². The number of rotatable bonds is 10. The zero-order valence-corrected chi connectivity index (χ0v) is 23.5. The number of carbonyl (C=O) groups is 1. The molecule has 11 heteroatoms. The summed E-state index contributed by atoms with van der Waals surface area (Å²) in [5.74, 6) is 1.05. The van der Waals surface area contributed by atoms with E-state index < -0.39 is 10.0 Å². The van der Waals surface area contributed by atoms with Gasteiger partial charge in [0.25, 0.3) is 0 Å². The lowest BCUT2D eigenvalue weighted by atomic mass is 9.93. The van der Waals surface area contributed by atoms with E-state index in [9.17, 15) is 13.2 Å². The van der Waals surface area contributed by atoms with Crippen LogP contribution in [0.15, 0.2) is 21.4 Å². The lowest BCUT2D eigenvalue weighted by Crippen LogP contribution is -2.39. The van der Waals surface area contributed by atoms with Gasteiger partial charge in [0.05, 0.1) is 18.6 Å². The molecule has 3 fully saturated rings. The van der Waals surface area contributed by atoms with Gasteiger partial charge in [-0.15, -0.1) is 10.2 Å². The summed E-state index contributed by atoms with van der Waals surface area (Å²) < 4.78 is 39.9. The summed E-state index contributed by atoms with van der Waals surface area (Å²) in [5, 5.41) is 8.05. The van der Waals surface area contributed by atoms with E-state index in [0.717, 1.165) is 32.2 Å². The minimum absolute atomic E-state index is 0.0588. The number of methoxy groups -OCH3 is 1. The zero-order chi connectivity index (χ0) is 26.9. The fraction of sp³-hybridized carbons (Fsp3) is 0.667. The van der Waals surface area contributed by atoms with E-state index in [1.807, 2.05) is 0 Å². The molecule has 2 saturated heterocycles. The molecule has 0 atom stereocenters. The molecule has 3 aliphatic rings. The first-order valence-corrected chi connectivity index (χ1v) is 15.2. The molecular weight excluding hydrogens is 506 g/mol. The van der Waals surface area contributed by atoms with Crippen LogP contribution in [0, 0.1) is 19.8 Å². The van der Waals surface area contributed by atoms with Crippen molar-refractivity contribution in [2.75, 3.05) is 39.8 Å². The Morgan fingerprint density at radius 2 is 1.71 bits per heavy atom. The molecule has 1 amide bonds. The lowest BCUT2D eigenvalue weighted by Gasteiger charge is -2.31. The van der Waals surface area contributed by atoms with Crippen LogP contribution in [-0.2, 0) is 16.6 Å². The number of likely N-dealkylation sites (tertiary alicyclic amines) is 2. The van der Waals surface area contributed by atoms with Crippen LogP contribution in [0.1, 0.15) is 72.6 Å². The Bertz CT molecular complexity index is 1220. The van der Waals surface area contributed by atoms with E-state index in [2.05, 4.69) is 15.1 Å². The van der Waals surface area contributed by atoms with Crippen molar-refractivity contribution in [3.63, 3.8) is 0 Å². The highest BCUT2D eigenvalue weighted by molar-refractivity contribution is 7.89. The molecule has 1 aromatic heterocycles. The maximum absolute atomic E-state index is 13.7. The van der Waals surface area contributed by atoms with Crippen LogP contribution >= 0.6 is 0 Å². The molecule has 0 radical (unpaired) electrons. The number of sulfonamides is 1. The highest BCUT2D eigenvalue weighted by Crippen LogP contribution is 2.36. The molecule has 2 aliphatic heterocycles. The number of aromatic nitrogens is 2. The van der Waals surface area contributed by atoms with Gasteiger partial charge >= 0.3 is 11.8 Å². The molecule has 5 rings (SSSR count). The van der Waals surface area contributed by atoms with Crippen LogP contribution in [0.2, 0.25) is 0 Å². The third-order valence-corrected chi connectivity index (χ3v) is 10.3. The van der Waals surface area contributed by atoms with Gasteiger partial charge < -0.3 is 19.0 Å². The Kier molecular flexibility index (Phi) is 8.06. The third-order valence-electron chi connectivity index (χ3n) is 8.09. The topological polar surface area (TPSA) is 109 Å². The van der Waals surface area contributed by atoms with Gasteiger partial charge in [-0.1, -0.05) is 0 Å². The van der Waals surface area contributed by atoms with Crippen molar-refractivity contribution in [2.24, 2.45) is 5.92 Å². The molecule has 208 valence electrons. The molecule has 10 nitrogen and oxygen atoms in total.